The fourth-order valence-electron chi connectivity index (χ4n) is 5.00. The number of aliphatic hydroxyl groups is 1. The molecule has 1 N–H and O–H groups in total. The van der Waals surface area contributed by atoms with Gasteiger partial charge in [0, 0.05) is 13.1 Å². The second-order valence-electron chi connectivity index (χ2n) is 10.2. The summed E-state index contributed by atoms with van der Waals surface area (Å²) in [5.41, 5.74) is 0. The van der Waals surface area contributed by atoms with E-state index in [2.05, 4.69) is 11.8 Å². The van der Waals surface area contributed by atoms with E-state index in [1.54, 1.807) is 0 Å². The van der Waals surface area contributed by atoms with Crippen LogP contribution >= 0.6 is 0 Å². The zero-order chi connectivity index (χ0) is 22.5. The molecule has 5 atom stereocenters. The van der Waals surface area contributed by atoms with Crippen LogP contribution in [0.25, 0.3) is 0 Å². The third-order valence-corrected chi connectivity index (χ3v) is 6.43. The average Bonchev–Trinajstić information content (AvgIpc) is 3.18. The van der Waals surface area contributed by atoms with E-state index in [-0.39, 0.29) is 31.0 Å². The molecule has 0 spiro atoms. The minimum atomic E-state index is -0.702. The summed E-state index contributed by atoms with van der Waals surface area (Å²) in [6, 6.07) is 0. The molecule has 0 amide bonds. The van der Waals surface area contributed by atoms with E-state index >= 15 is 0 Å². The van der Waals surface area contributed by atoms with Crippen molar-refractivity contribution in [2.24, 2.45) is 0 Å². The molecule has 3 rings (SSSR count). The molecule has 7 nitrogen and oxygen atoms in total. The van der Waals surface area contributed by atoms with Gasteiger partial charge in [0.15, 0.2) is 17.9 Å². The van der Waals surface area contributed by atoms with E-state index in [9.17, 15) is 5.11 Å². The zero-order valence-corrected chi connectivity index (χ0v) is 20.3. The maximum Gasteiger partial charge on any atom is 0.190 e. The standard InChI is InChI=1S/C24H45NO6/c1-6-7-8-9-10-11-12-13-14-25(15-16-26)17-18-19-20(29-23(2,3)28-19)21-22(27-18)31-24(4,5)30-21/h18-22,26H,6-17H2,1-5H3/t18-,19-,20-,21+,22+/m0/s1. The number of rotatable bonds is 13. The SMILES string of the molecule is CCCCCCCCCCN(CCO)C[C@@H]1O[C@@H]2OC(C)(C)O[C@@H]2[C@H]2OC(C)(C)O[C@H]21. The Balaban J connectivity index is 1.52. The highest BCUT2D eigenvalue weighted by atomic mass is 16.9. The van der Waals surface area contributed by atoms with Gasteiger partial charge in [0.25, 0.3) is 0 Å². The molecule has 182 valence electrons. The van der Waals surface area contributed by atoms with E-state index in [0.29, 0.717) is 13.1 Å². The lowest BCUT2D eigenvalue weighted by Gasteiger charge is -2.39. The smallest absolute Gasteiger partial charge is 0.190 e. The second kappa shape index (κ2) is 11.2. The van der Waals surface area contributed by atoms with Gasteiger partial charge >= 0.3 is 0 Å². The number of aliphatic hydroxyl groups excluding tert-OH is 1. The molecule has 0 aliphatic carbocycles. The molecule has 31 heavy (non-hydrogen) atoms. The van der Waals surface area contributed by atoms with Gasteiger partial charge in [-0.3, -0.25) is 4.90 Å². The average molecular weight is 444 g/mol. The highest BCUT2D eigenvalue weighted by molar-refractivity contribution is 5.00. The fourth-order valence-corrected chi connectivity index (χ4v) is 5.00. The van der Waals surface area contributed by atoms with Crippen LogP contribution in [0.1, 0.15) is 86.0 Å². The molecule has 0 radical (unpaired) electrons. The van der Waals surface area contributed by atoms with Crippen molar-refractivity contribution >= 4 is 0 Å². The highest BCUT2D eigenvalue weighted by Crippen LogP contribution is 2.44. The second-order valence-corrected chi connectivity index (χ2v) is 10.2. The Bertz CT molecular complexity index is 542. The van der Waals surface area contributed by atoms with Crippen molar-refractivity contribution in [3.8, 4) is 0 Å². The van der Waals surface area contributed by atoms with Crippen LogP contribution in [-0.4, -0.2) is 78.5 Å². The van der Waals surface area contributed by atoms with Crippen LogP contribution in [0.3, 0.4) is 0 Å². The Morgan fingerprint density at radius 1 is 0.710 bits per heavy atom. The summed E-state index contributed by atoms with van der Waals surface area (Å²) in [6.45, 7) is 12.3. The topological polar surface area (TPSA) is 69.6 Å². The Morgan fingerprint density at radius 3 is 1.97 bits per heavy atom. The fraction of sp³-hybridized carbons (Fsp3) is 1.00. The van der Waals surface area contributed by atoms with Crippen molar-refractivity contribution < 1.29 is 28.8 Å². The van der Waals surface area contributed by atoms with Crippen LogP contribution in [0.15, 0.2) is 0 Å². The van der Waals surface area contributed by atoms with Gasteiger partial charge in [-0.2, -0.15) is 0 Å². The molecule has 3 saturated heterocycles. The molecule has 0 bridgehead atoms. The predicted molar refractivity (Wildman–Crippen MR) is 119 cm³/mol. The zero-order valence-electron chi connectivity index (χ0n) is 20.3. The first-order chi connectivity index (χ1) is 14.7. The Kier molecular flexibility index (Phi) is 9.18. The number of ether oxygens (including phenoxy) is 5. The van der Waals surface area contributed by atoms with E-state index in [1.807, 2.05) is 27.7 Å². The number of nitrogens with zero attached hydrogens (tertiary/aromatic N) is 1. The van der Waals surface area contributed by atoms with Crippen molar-refractivity contribution in [3.05, 3.63) is 0 Å². The molecule has 0 unspecified atom stereocenters. The molecule has 3 aliphatic rings. The van der Waals surface area contributed by atoms with Gasteiger partial charge in [-0.1, -0.05) is 51.9 Å². The lowest BCUT2D eigenvalue weighted by Crippen LogP contribution is -2.58. The maximum atomic E-state index is 9.60. The lowest BCUT2D eigenvalue weighted by atomic mass is 9.98. The predicted octanol–water partition coefficient (Wildman–Crippen LogP) is 3.82. The van der Waals surface area contributed by atoms with Crippen molar-refractivity contribution in [3.63, 3.8) is 0 Å². The molecular formula is C24H45NO6. The van der Waals surface area contributed by atoms with Crippen molar-refractivity contribution in [1.29, 1.82) is 0 Å². The van der Waals surface area contributed by atoms with Crippen LogP contribution in [-0.2, 0) is 23.7 Å². The molecule has 0 aromatic rings. The van der Waals surface area contributed by atoms with E-state index in [0.717, 1.165) is 13.0 Å². The maximum absolute atomic E-state index is 9.60. The molecule has 0 aromatic carbocycles. The first-order valence-corrected chi connectivity index (χ1v) is 12.4. The van der Waals surface area contributed by atoms with Gasteiger partial charge in [-0.05, 0) is 40.7 Å². The van der Waals surface area contributed by atoms with Crippen LogP contribution < -0.4 is 0 Å². The summed E-state index contributed by atoms with van der Waals surface area (Å²) in [5.74, 6) is -1.38. The van der Waals surface area contributed by atoms with Gasteiger partial charge in [0.2, 0.25) is 0 Å². The van der Waals surface area contributed by atoms with Gasteiger partial charge in [-0.25, -0.2) is 0 Å². The lowest BCUT2D eigenvalue weighted by molar-refractivity contribution is -0.236. The quantitative estimate of drug-likeness (QED) is 0.434. The van der Waals surface area contributed by atoms with Crippen molar-refractivity contribution in [2.45, 2.75) is 128 Å². The van der Waals surface area contributed by atoms with Crippen LogP contribution in [0.5, 0.6) is 0 Å². The third kappa shape index (κ3) is 7.10. The third-order valence-electron chi connectivity index (χ3n) is 6.43. The summed E-state index contributed by atoms with van der Waals surface area (Å²) in [7, 11) is 0. The van der Waals surface area contributed by atoms with E-state index in [4.69, 9.17) is 23.7 Å². The summed E-state index contributed by atoms with van der Waals surface area (Å²) in [4.78, 5) is 2.29. The monoisotopic (exact) mass is 443 g/mol. The normalized spacial score (nSPS) is 33.6. The summed E-state index contributed by atoms with van der Waals surface area (Å²) < 4.78 is 30.9. The van der Waals surface area contributed by atoms with Gasteiger partial charge in [-0.15, -0.1) is 0 Å². The van der Waals surface area contributed by atoms with Crippen LogP contribution in [0.4, 0.5) is 0 Å². The minimum absolute atomic E-state index is 0.138. The molecule has 0 saturated carbocycles. The number of fused-ring (bicyclic) bond motifs is 3. The van der Waals surface area contributed by atoms with Crippen molar-refractivity contribution in [1.82, 2.24) is 4.90 Å². The Labute approximate surface area is 188 Å². The number of unbranched alkanes of at least 4 members (excludes halogenated alkanes) is 7. The largest absolute Gasteiger partial charge is 0.395 e. The molecular weight excluding hydrogens is 398 g/mol. The van der Waals surface area contributed by atoms with E-state index in [1.165, 1.54) is 44.9 Å². The van der Waals surface area contributed by atoms with Gasteiger partial charge < -0.3 is 28.8 Å². The molecule has 0 aromatic heterocycles. The van der Waals surface area contributed by atoms with Crippen LogP contribution in [0.2, 0.25) is 0 Å². The minimum Gasteiger partial charge on any atom is -0.395 e. The first-order valence-electron chi connectivity index (χ1n) is 12.4. The summed E-state index contributed by atoms with van der Waals surface area (Å²) >= 11 is 0. The number of hydrogen-bond acceptors (Lipinski definition) is 7. The van der Waals surface area contributed by atoms with Gasteiger partial charge in [0.1, 0.15) is 24.4 Å². The molecule has 3 heterocycles. The molecule has 3 fully saturated rings. The highest BCUT2D eigenvalue weighted by Gasteiger charge is 2.60. The molecule has 3 aliphatic heterocycles. The van der Waals surface area contributed by atoms with Gasteiger partial charge in [0.05, 0.1) is 6.61 Å². The Hall–Kier alpha value is -0.280. The van der Waals surface area contributed by atoms with Crippen molar-refractivity contribution in [2.75, 3.05) is 26.2 Å². The summed E-state index contributed by atoms with van der Waals surface area (Å²) in [6.07, 6.45) is 8.95. The summed E-state index contributed by atoms with van der Waals surface area (Å²) in [5, 5.41) is 9.60. The Morgan fingerprint density at radius 2 is 1.29 bits per heavy atom. The number of hydrogen-bond donors (Lipinski definition) is 1. The molecule has 7 heteroatoms. The van der Waals surface area contributed by atoms with Crippen LogP contribution in [0, 0.1) is 0 Å². The van der Waals surface area contributed by atoms with E-state index < -0.39 is 17.9 Å². The first kappa shape index (κ1) is 25.3.